The summed E-state index contributed by atoms with van der Waals surface area (Å²) in [6.45, 7) is 3.72. The molecule has 0 amide bonds. The number of likely N-dealkylation sites (N-methyl/N-ethyl adjacent to an activating group) is 1. The number of methoxy groups -OCH3 is 2. The number of rotatable bonds is 6. The van der Waals surface area contributed by atoms with Gasteiger partial charge in [-0.05, 0) is 0 Å². The largest absolute Gasteiger partial charge is 1.00 e. The van der Waals surface area contributed by atoms with E-state index in [2.05, 4.69) is 14.1 Å². The minimum absolute atomic E-state index is 0. The highest BCUT2D eigenvalue weighted by molar-refractivity contribution is 4.32. The van der Waals surface area contributed by atoms with E-state index in [0.717, 1.165) is 30.8 Å². The Morgan fingerprint density at radius 1 is 0.917 bits per heavy atom. The molecular weight excluding hydrogens is 178 g/mol. The molecule has 76 valence electrons. The lowest BCUT2D eigenvalue weighted by molar-refractivity contribution is -0.891. The van der Waals surface area contributed by atoms with Gasteiger partial charge in [0, 0.05) is 14.2 Å². The Bertz CT molecular complexity index is 89.1. The van der Waals surface area contributed by atoms with Crippen LogP contribution in [-0.2, 0) is 9.47 Å². The van der Waals surface area contributed by atoms with E-state index in [-0.39, 0.29) is 12.4 Å². The van der Waals surface area contributed by atoms with Crippen LogP contribution >= 0.6 is 0 Å². The van der Waals surface area contributed by atoms with Crippen molar-refractivity contribution in [1.82, 2.24) is 0 Å². The number of hydrogen-bond donors (Lipinski definition) is 0. The summed E-state index contributed by atoms with van der Waals surface area (Å²) < 4.78 is 11.0. The first-order valence-corrected chi connectivity index (χ1v) is 3.92. The monoisotopic (exact) mass is 197 g/mol. The van der Waals surface area contributed by atoms with E-state index in [1.807, 2.05) is 0 Å². The first-order valence-electron chi connectivity index (χ1n) is 3.92. The van der Waals surface area contributed by atoms with Crippen molar-refractivity contribution in [3.05, 3.63) is 0 Å². The maximum absolute atomic E-state index is 5.00. The molecule has 3 nitrogen and oxygen atoms in total. The molecule has 0 heterocycles. The van der Waals surface area contributed by atoms with Gasteiger partial charge >= 0.3 is 0 Å². The molecule has 0 aromatic carbocycles. The van der Waals surface area contributed by atoms with Crippen LogP contribution in [0.5, 0.6) is 0 Å². The van der Waals surface area contributed by atoms with Crippen molar-refractivity contribution in [2.24, 2.45) is 0 Å². The van der Waals surface area contributed by atoms with Gasteiger partial charge in [-0.1, -0.05) is 0 Å². The molecule has 0 saturated heterocycles. The van der Waals surface area contributed by atoms with E-state index in [1.165, 1.54) is 0 Å². The zero-order valence-electron chi connectivity index (χ0n) is 8.47. The first kappa shape index (κ1) is 14.7. The van der Waals surface area contributed by atoms with Gasteiger partial charge in [-0.2, -0.15) is 0 Å². The van der Waals surface area contributed by atoms with Crippen molar-refractivity contribution in [3.8, 4) is 0 Å². The Morgan fingerprint density at radius 3 is 1.50 bits per heavy atom. The quantitative estimate of drug-likeness (QED) is 0.434. The standard InChI is InChI=1S/C8H20NO2.ClH/c1-9(2,5-7-10-3)6-8-11-4;/h5-8H2,1-4H3;1H/q+1;/p-1. The van der Waals surface area contributed by atoms with Crippen LogP contribution in [0.15, 0.2) is 0 Å². The van der Waals surface area contributed by atoms with Gasteiger partial charge in [0.1, 0.15) is 13.1 Å². The molecule has 0 aromatic rings. The van der Waals surface area contributed by atoms with Crippen molar-refractivity contribution in [2.75, 3.05) is 54.6 Å². The van der Waals surface area contributed by atoms with Crippen LogP contribution in [0.4, 0.5) is 0 Å². The van der Waals surface area contributed by atoms with E-state index in [9.17, 15) is 0 Å². The van der Waals surface area contributed by atoms with Crippen LogP contribution in [0, 0.1) is 0 Å². The third-order valence-corrected chi connectivity index (χ3v) is 1.80. The number of halogens is 1. The van der Waals surface area contributed by atoms with Crippen LogP contribution in [0.3, 0.4) is 0 Å². The average molecular weight is 198 g/mol. The summed E-state index contributed by atoms with van der Waals surface area (Å²) in [4.78, 5) is 0. The molecular formula is C8H20ClNO2. The molecule has 0 N–H and O–H groups in total. The Labute approximate surface area is 81.6 Å². The van der Waals surface area contributed by atoms with Gasteiger partial charge in [0.25, 0.3) is 0 Å². The summed E-state index contributed by atoms with van der Waals surface area (Å²) >= 11 is 0. The molecule has 0 fully saturated rings. The summed E-state index contributed by atoms with van der Waals surface area (Å²) in [5.41, 5.74) is 0. The molecule has 0 unspecified atom stereocenters. The second kappa shape index (κ2) is 7.80. The van der Waals surface area contributed by atoms with Gasteiger partial charge < -0.3 is 26.4 Å². The van der Waals surface area contributed by atoms with Crippen molar-refractivity contribution in [1.29, 1.82) is 0 Å². The molecule has 0 atom stereocenters. The highest BCUT2D eigenvalue weighted by Gasteiger charge is 2.12. The molecule has 12 heavy (non-hydrogen) atoms. The normalized spacial score (nSPS) is 11.0. The van der Waals surface area contributed by atoms with Crippen LogP contribution in [0.25, 0.3) is 0 Å². The molecule has 0 bridgehead atoms. The molecule has 4 heteroatoms. The third-order valence-electron chi connectivity index (χ3n) is 1.80. The lowest BCUT2D eigenvalue weighted by Gasteiger charge is -2.28. The van der Waals surface area contributed by atoms with Crippen molar-refractivity contribution >= 4 is 0 Å². The van der Waals surface area contributed by atoms with Crippen molar-refractivity contribution in [2.45, 2.75) is 0 Å². The topological polar surface area (TPSA) is 18.5 Å². The summed E-state index contributed by atoms with van der Waals surface area (Å²) in [5, 5.41) is 0. The van der Waals surface area contributed by atoms with E-state index in [4.69, 9.17) is 9.47 Å². The molecule has 0 rings (SSSR count). The van der Waals surface area contributed by atoms with E-state index < -0.39 is 0 Å². The Morgan fingerprint density at radius 2 is 1.25 bits per heavy atom. The number of quaternary nitrogens is 1. The van der Waals surface area contributed by atoms with E-state index >= 15 is 0 Å². The van der Waals surface area contributed by atoms with Crippen LogP contribution in [-0.4, -0.2) is 59.1 Å². The van der Waals surface area contributed by atoms with Gasteiger partial charge in [0.05, 0.1) is 27.3 Å². The molecule has 0 aliphatic carbocycles. The van der Waals surface area contributed by atoms with Crippen LogP contribution in [0.1, 0.15) is 0 Å². The maximum atomic E-state index is 5.00. The van der Waals surface area contributed by atoms with Gasteiger partial charge in [-0.15, -0.1) is 0 Å². The predicted octanol–water partition coefficient (Wildman–Crippen LogP) is -2.64. The maximum Gasteiger partial charge on any atom is 0.102 e. The molecule has 0 aromatic heterocycles. The minimum Gasteiger partial charge on any atom is -1.00 e. The lowest BCUT2D eigenvalue weighted by Crippen LogP contribution is -3.00. The second-order valence-electron chi connectivity index (χ2n) is 3.37. The van der Waals surface area contributed by atoms with E-state index in [1.54, 1.807) is 14.2 Å². The zero-order valence-corrected chi connectivity index (χ0v) is 9.23. The van der Waals surface area contributed by atoms with Crippen LogP contribution < -0.4 is 12.4 Å². The van der Waals surface area contributed by atoms with Gasteiger partial charge in [-0.25, -0.2) is 0 Å². The summed E-state index contributed by atoms with van der Waals surface area (Å²) in [6, 6.07) is 0. The van der Waals surface area contributed by atoms with Crippen molar-refractivity contribution < 1.29 is 26.4 Å². The number of ether oxygens (including phenoxy) is 2. The SMILES string of the molecule is COCC[N+](C)(C)CCOC.[Cl-]. The highest BCUT2D eigenvalue weighted by Crippen LogP contribution is 1.95. The Balaban J connectivity index is 0. The number of hydrogen-bond acceptors (Lipinski definition) is 2. The average Bonchev–Trinajstić information content (AvgIpc) is 1.97. The zero-order chi connectivity index (χ0) is 8.74. The Kier molecular flexibility index (Phi) is 9.54. The molecule has 0 saturated carbocycles. The van der Waals surface area contributed by atoms with Gasteiger partial charge in [0.15, 0.2) is 0 Å². The summed E-state index contributed by atoms with van der Waals surface area (Å²) in [7, 11) is 7.82. The molecule has 0 spiro atoms. The fourth-order valence-electron chi connectivity index (χ4n) is 0.789. The second-order valence-corrected chi connectivity index (χ2v) is 3.37. The third kappa shape index (κ3) is 8.27. The molecule has 0 aliphatic rings. The molecule has 0 radical (unpaired) electrons. The smallest absolute Gasteiger partial charge is 0.102 e. The highest BCUT2D eigenvalue weighted by atomic mass is 35.5. The van der Waals surface area contributed by atoms with Crippen molar-refractivity contribution in [3.63, 3.8) is 0 Å². The minimum atomic E-state index is 0. The van der Waals surface area contributed by atoms with Crippen LogP contribution in [0.2, 0.25) is 0 Å². The van der Waals surface area contributed by atoms with E-state index in [0.29, 0.717) is 0 Å². The summed E-state index contributed by atoms with van der Waals surface area (Å²) in [6.07, 6.45) is 0. The Hall–Kier alpha value is 0.170. The van der Waals surface area contributed by atoms with Gasteiger partial charge in [-0.3, -0.25) is 0 Å². The lowest BCUT2D eigenvalue weighted by atomic mass is 10.4. The predicted molar refractivity (Wildman–Crippen MR) is 45.6 cm³/mol. The fourth-order valence-corrected chi connectivity index (χ4v) is 0.789. The number of nitrogens with zero attached hydrogens (tertiary/aromatic N) is 1. The summed E-state index contributed by atoms with van der Waals surface area (Å²) in [5.74, 6) is 0. The molecule has 0 aliphatic heterocycles. The fraction of sp³-hybridized carbons (Fsp3) is 1.00. The first-order chi connectivity index (χ1) is 5.12. The van der Waals surface area contributed by atoms with Gasteiger partial charge in [0.2, 0.25) is 0 Å².